The first-order valence-corrected chi connectivity index (χ1v) is 10.7. The standard InChI is InChI=1S/C25H26FN3O3/c1-18-16-29(25(30)28-23-15-27-32-17-23)11-9-21(18)13-20-3-2-4-24(14-20)31-12-10-19-5-7-22(26)8-6-19/h2-8,13-15,17-18H,9-12,16H2,1H3,(H,28,30). The Balaban J connectivity index is 1.31. The summed E-state index contributed by atoms with van der Waals surface area (Å²) >= 11 is 0. The Bertz CT molecular complexity index is 1060. The summed E-state index contributed by atoms with van der Waals surface area (Å²) in [7, 11) is 0. The minimum absolute atomic E-state index is 0.143. The first-order chi connectivity index (χ1) is 15.6. The number of likely N-dealkylation sites (tertiary alicyclic amines) is 1. The second kappa shape index (κ2) is 10.1. The van der Waals surface area contributed by atoms with Crippen LogP contribution in [-0.4, -0.2) is 35.8 Å². The molecule has 2 heterocycles. The number of nitrogens with zero attached hydrogens (tertiary/aromatic N) is 2. The Morgan fingerprint density at radius 2 is 2.16 bits per heavy atom. The van der Waals surface area contributed by atoms with Crippen molar-refractivity contribution in [2.45, 2.75) is 19.8 Å². The number of aromatic nitrogens is 1. The number of nitrogens with one attached hydrogen (secondary N) is 1. The van der Waals surface area contributed by atoms with Crippen molar-refractivity contribution in [2.24, 2.45) is 5.92 Å². The molecule has 2 amide bonds. The van der Waals surface area contributed by atoms with Crippen LogP contribution >= 0.6 is 0 Å². The summed E-state index contributed by atoms with van der Waals surface area (Å²) < 4.78 is 23.7. The molecule has 166 valence electrons. The van der Waals surface area contributed by atoms with Crippen LogP contribution in [0.3, 0.4) is 0 Å². The van der Waals surface area contributed by atoms with Gasteiger partial charge in [-0.2, -0.15) is 0 Å². The quantitative estimate of drug-likeness (QED) is 0.564. The zero-order valence-corrected chi connectivity index (χ0v) is 18.0. The van der Waals surface area contributed by atoms with Crippen LogP contribution in [-0.2, 0) is 6.42 Å². The Morgan fingerprint density at radius 1 is 1.31 bits per heavy atom. The predicted octanol–water partition coefficient (Wildman–Crippen LogP) is 5.39. The largest absolute Gasteiger partial charge is 0.493 e. The number of anilines is 1. The molecule has 1 fully saturated rings. The average Bonchev–Trinajstić information content (AvgIpc) is 3.30. The van der Waals surface area contributed by atoms with Crippen LogP contribution in [0.5, 0.6) is 5.75 Å². The summed E-state index contributed by atoms with van der Waals surface area (Å²) in [4.78, 5) is 14.2. The van der Waals surface area contributed by atoms with Gasteiger partial charge < -0.3 is 19.5 Å². The number of amides is 2. The normalized spacial score (nSPS) is 17.4. The Kier molecular flexibility index (Phi) is 6.84. The molecule has 0 bridgehead atoms. The maximum absolute atomic E-state index is 13.0. The second-order valence-corrected chi connectivity index (χ2v) is 7.96. The SMILES string of the molecule is CC1CN(C(=O)Nc2cnoc2)CCC1=Cc1cccc(OCCc2ccc(F)cc2)c1. The molecule has 1 aliphatic rings. The molecule has 1 atom stereocenters. The minimum Gasteiger partial charge on any atom is -0.493 e. The number of carbonyl (C=O) groups excluding carboxylic acids is 1. The molecule has 1 aliphatic heterocycles. The van der Waals surface area contributed by atoms with Gasteiger partial charge in [0.15, 0.2) is 0 Å². The maximum Gasteiger partial charge on any atom is 0.322 e. The lowest BCUT2D eigenvalue weighted by Gasteiger charge is -2.33. The van der Waals surface area contributed by atoms with Crippen molar-refractivity contribution >= 4 is 17.8 Å². The maximum atomic E-state index is 13.0. The van der Waals surface area contributed by atoms with Crippen LogP contribution in [0.25, 0.3) is 6.08 Å². The van der Waals surface area contributed by atoms with Crippen LogP contribution in [0.1, 0.15) is 24.5 Å². The van der Waals surface area contributed by atoms with Crippen LogP contribution in [0.4, 0.5) is 14.9 Å². The van der Waals surface area contributed by atoms with Crippen molar-refractivity contribution in [3.63, 3.8) is 0 Å². The van der Waals surface area contributed by atoms with E-state index < -0.39 is 0 Å². The van der Waals surface area contributed by atoms with Crippen LogP contribution in [0.15, 0.2) is 71.1 Å². The number of urea groups is 1. The molecule has 0 saturated carbocycles. The van der Waals surface area contributed by atoms with E-state index >= 15 is 0 Å². The summed E-state index contributed by atoms with van der Waals surface area (Å²) in [6.07, 6.45) is 6.60. The molecule has 1 saturated heterocycles. The molecule has 0 radical (unpaired) electrons. The summed E-state index contributed by atoms with van der Waals surface area (Å²) in [6.45, 7) is 3.96. The van der Waals surface area contributed by atoms with E-state index in [9.17, 15) is 9.18 Å². The zero-order valence-electron chi connectivity index (χ0n) is 18.0. The molecular weight excluding hydrogens is 409 g/mol. The number of carbonyl (C=O) groups is 1. The second-order valence-electron chi connectivity index (χ2n) is 7.96. The molecule has 1 unspecified atom stereocenters. The van der Waals surface area contributed by atoms with E-state index in [0.29, 0.717) is 25.4 Å². The Hall–Kier alpha value is -3.61. The highest BCUT2D eigenvalue weighted by Crippen LogP contribution is 2.26. The van der Waals surface area contributed by atoms with Crippen molar-refractivity contribution in [1.29, 1.82) is 0 Å². The topological polar surface area (TPSA) is 67.6 Å². The first kappa shape index (κ1) is 21.6. The molecule has 0 spiro atoms. The van der Waals surface area contributed by atoms with Crippen molar-refractivity contribution < 1.29 is 18.4 Å². The first-order valence-electron chi connectivity index (χ1n) is 10.7. The number of piperidine rings is 1. The molecule has 1 N–H and O–H groups in total. The van der Waals surface area contributed by atoms with Crippen molar-refractivity contribution in [3.8, 4) is 5.75 Å². The molecule has 1 aromatic heterocycles. The van der Waals surface area contributed by atoms with E-state index in [1.165, 1.54) is 30.2 Å². The van der Waals surface area contributed by atoms with Gasteiger partial charge >= 0.3 is 6.03 Å². The van der Waals surface area contributed by atoms with Gasteiger partial charge in [0.25, 0.3) is 0 Å². The molecule has 32 heavy (non-hydrogen) atoms. The van der Waals surface area contributed by atoms with Gasteiger partial charge in [0, 0.05) is 19.5 Å². The molecule has 7 heteroatoms. The fourth-order valence-corrected chi connectivity index (χ4v) is 3.76. The molecule has 2 aromatic carbocycles. The Morgan fingerprint density at radius 3 is 2.91 bits per heavy atom. The third kappa shape index (κ3) is 5.75. The lowest BCUT2D eigenvalue weighted by molar-refractivity contribution is 0.198. The summed E-state index contributed by atoms with van der Waals surface area (Å²) in [5, 5.41) is 6.39. The number of hydrogen-bond donors (Lipinski definition) is 1. The number of rotatable bonds is 6. The van der Waals surface area contributed by atoms with E-state index in [1.54, 1.807) is 12.1 Å². The highest BCUT2D eigenvalue weighted by Gasteiger charge is 2.24. The van der Waals surface area contributed by atoms with Crippen LogP contribution in [0, 0.1) is 11.7 Å². The summed E-state index contributed by atoms with van der Waals surface area (Å²) in [5.74, 6) is 0.825. The van der Waals surface area contributed by atoms with E-state index in [1.807, 2.05) is 23.1 Å². The van der Waals surface area contributed by atoms with Gasteiger partial charge in [-0.05, 0) is 47.7 Å². The zero-order chi connectivity index (χ0) is 22.3. The monoisotopic (exact) mass is 435 g/mol. The summed E-state index contributed by atoms with van der Waals surface area (Å²) in [6, 6.07) is 14.3. The number of hydrogen-bond acceptors (Lipinski definition) is 4. The number of ether oxygens (including phenoxy) is 1. The summed E-state index contributed by atoms with van der Waals surface area (Å²) in [5.41, 5.74) is 3.98. The fourth-order valence-electron chi connectivity index (χ4n) is 3.76. The highest BCUT2D eigenvalue weighted by atomic mass is 19.1. The van der Waals surface area contributed by atoms with E-state index in [0.717, 1.165) is 29.7 Å². The van der Waals surface area contributed by atoms with E-state index in [2.05, 4.69) is 29.5 Å². The van der Waals surface area contributed by atoms with E-state index in [4.69, 9.17) is 9.26 Å². The molecular formula is C25H26FN3O3. The molecule has 6 nitrogen and oxygen atoms in total. The van der Waals surface area contributed by atoms with Crippen LogP contribution in [0.2, 0.25) is 0 Å². The minimum atomic E-state index is -0.230. The van der Waals surface area contributed by atoms with Crippen molar-refractivity contribution in [3.05, 3.63) is 83.5 Å². The van der Waals surface area contributed by atoms with Gasteiger partial charge in [-0.1, -0.05) is 48.0 Å². The third-order valence-electron chi connectivity index (χ3n) is 5.55. The van der Waals surface area contributed by atoms with Gasteiger partial charge in [-0.15, -0.1) is 0 Å². The van der Waals surface area contributed by atoms with Crippen LogP contribution < -0.4 is 10.1 Å². The van der Waals surface area contributed by atoms with Gasteiger partial charge in [0.05, 0.1) is 12.8 Å². The smallest absolute Gasteiger partial charge is 0.322 e. The lowest BCUT2D eigenvalue weighted by Crippen LogP contribution is -2.42. The lowest BCUT2D eigenvalue weighted by atomic mass is 9.91. The van der Waals surface area contributed by atoms with Crippen molar-refractivity contribution in [1.82, 2.24) is 10.1 Å². The predicted molar refractivity (Wildman–Crippen MR) is 121 cm³/mol. The molecule has 3 aromatic rings. The fraction of sp³-hybridized carbons (Fsp3) is 0.280. The third-order valence-corrected chi connectivity index (χ3v) is 5.55. The van der Waals surface area contributed by atoms with Gasteiger partial charge in [-0.3, -0.25) is 0 Å². The van der Waals surface area contributed by atoms with E-state index in [-0.39, 0.29) is 17.8 Å². The molecule has 4 rings (SSSR count). The van der Waals surface area contributed by atoms with Gasteiger partial charge in [0.1, 0.15) is 23.5 Å². The highest BCUT2D eigenvalue weighted by molar-refractivity contribution is 5.89. The average molecular weight is 435 g/mol. The number of halogens is 1. The Labute approximate surface area is 186 Å². The van der Waals surface area contributed by atoms with Gasteiger partial charge in [-0.25, -0.2) is 9.18 Å². The van der Waals surface area contributed by atoms with Gasteiger partial charge in [0.2, 0.25) is 0 Å². The van der Waals surface area contributed by atoms with Crippen molar-refractivity contribution in [2.75, 3.05) is 25.0 Å². The number of benzene rings is 2. The molecule has 0 aliphatic carbocycles.